The molecule has 0 atom stereocenters. The minimum absolute atomic E-state index is 0.0269. The minimum Gasteiger partial charge on any atom is -0.267 e. The molecule has 2 aromatic rings. The Balaban J connectivity index is 1.69. The summed E-state index contributed by atoms with van der Waals surface area (Å²) in [5.74, 6) is -0.0356. The summed E-state index contributed by atoms with van der Waals surface area (Å²) in [7, 11) is -7.19. The molecule has 0 aliphatic carbocycles. The average Bonchev–Trinajstić information content (AvgIpc) is 3.23. The molecule has 1 aliphatic rings. The summed E-state index contributed by atoms with van der Waals surface area (Å²) in [6.45, 7) is 0.758. The van der Waals surface area contributed by atoms with Gasteiger partial charge in [-0.15, -0.1) is 11.3 Å². The molecule has 2 amide bonds. The zero-order chi connectivity index (χ0) is 21.9. The largest absolute Gasteiger partial charge is 0.281 e. The molecule has 2 N–H and O–H groups in total. The average molecular weight is 490 g/mol. The minimum atomic E-state index is -3.80. The molecule has 13 heteroatoms. The third kappa shape index (κ3) is 5.03. The van der Waals surface area contributed by atoms with Crippen molar-refractivity contribution in [3.8, 4) is 0 Å². The second-order valence-electron chi connectivity index (χ2n) is 6.34. The Bertz CT molecular complexity index is 1150. The number of sulfone groups is 1. The predicted octanol–water partition coefficient (Wildman–Crippen LogP) is 0.964. The van der Waals surface area contributed by atoms with Gasteiger partial charge in [0.1, 0.15) is 9.77 Å². The lowest BCUT2D eigenvalue weighted by Crippen LogP contribution is -2.42. The van der Waals surface area contributed by atoms with Crippen LogP contribution in [0.15, 0.2) is 45.5 Å². The van der Waals surface area contributed by atoms with E-state index in [2.05, 4.69) is 10.9 Å². The Morgan fingerprint density at radius 2 is 1.53 bits per heavy atom. The van der Waals surface area contributed by atoms with Crippen LogP contribution in [-0.4, -0.2) is 63.8 Å². The first-order valence-corrected chi connectivity index (χ1v) is 14.0. The van der Waals surface area contributed by atoms with Gasteiger partial charge in [0.15, 0.2) is 9.84 Å². The molecule has 0 radical (unpaired) electrons. The lowest BCUT2D eigenvalue weighted by Gasteiger charge is -2.25. The van der Waals surface area contributed by atoms with Crippen LogP contribution in [0.1, 0.15) is 20.0 Å². The maximum absolute atomic E-state index is 12.9. The molecule has 1 aliphatic heterocycles. The van der Waals surface area contributed by atoms with Crippen LogP contribution in [-0.2, 0) is 19.9 Å². The molecule has 1 fully saturated rings. The summed E-state index contributed by atoms with van der Waals surface area (Å²) in [5.41, 5.74) is 4.55. The molecule has 1 aromatic carbocycles. The molecule has 0 saturated carbocycles. The SMILES string of the molecule is CS(=O)(=O)c1ccc(C(=O)NNC(=O)c2sccc2S(=O)(=O)N2CCSCC2)cc1. The van der Waals surface area contributed by atoms with Crippen LogP contribution in [0.5, 0.6) is 0 Å². The molecular formula is C17H19N3O6S4. The molecule has 30 heavy (non-hydrogen) atoms. The summed E-state index contributed by atoms with van der Waals surface area (Å²) < 4.78 is 50.0. The predicted molar refractivity (Wildman–Crippen MR) is 115 cm³/mol. The topological polar surface area (TPSA) is 130 Å². The van der Waals surface area contributed by atoms with Crippen molar-refractivity contribution >= 4 is 54.8 Å². The van der Waals surface area contributed by atoms with E-state index in [4.69, 9.17) is 0 Å². The van der Waals surface area contributed by atoms with Crippen LogP contribution >= 0.6 is 23.1 Å². The first kappa shape index (κ1) is 22.7. The third-order valence-corrected chi connectivity index (χ3v) is 9.31. The molecule has 2 heterocycles. The van der Waals surface area contributed by atoms with E-state index in [0.29, 0.717) is 24.6 Å². The van der Waals surface area contributed by atoms with Gasteiger partial charge in [0.05, 0.1) is 4.90 Å². The van der Waals surface area contributed by atoms with Crippen LogP contribution in [0.3, 0.4) is 0 Å². The van der Waals surface area contributed by atoms with Crippen LogP contribution in [0.2, 0.25) is 0 Å². The normalized spacial score (nSPS) is 15.5. The number of nitrogens with zero attached hydrogens (tertiary/aromatic N) is 1. The lowest BCUT2D eigenvalue weighted by atomic mass is 10.2. The van der Waals surface area contributed by atoms with Gasteiger partial charge in [-0.3, -0.25) is 20.4 Å². The Kier molecular flexibility index (Phi) is 6.87. The van der Waals surface area contributed by atoms with E-state index in [1.807, 2.05) is 0 Å². The Labute approximate surface area is 182 Å². The second-order valence-corrected chi connectivity index (χ2v) is 12.4. The Hall–Kier alpha value is -1.93. The van der Waals surface area contributed by atoms with Gasteiger partial charge in [0.25, 0.3) is 11.8 Å². The molecule has 0 spiro atoms. The first-order chi connectivity index (χ1) is 14.1. The number of hydrazine groups is 1. The highest BCUT2D eigenvalue weighted by Crippen LogP contribution is 2.27. The summed E-state index contributed by atoms with van der Waals surface area (Å²) in [4.78, 5) is 24.6. The number of hydrogen-bond acceptors (Lipinski definition) is 8. The van der Waals surface area contributed by atoms with Gasteiger partial charge in [-0.05, 0) is 35.7 Å². The van der Waals surface area contributed by atoms with Crippen molar-refractivity contribution in [1.82, 2.24) is 15.2 Å². The Morgan fingerprint density at radius 3 is 2.13 bits per heavy atom. The van der Waals surface area contributed by atoms with Gasteiger partial charge in [-0.1, -0.05) is 0 Å². The number of carbonyl (C=O) groups excluding carboxylic acids is 2. The molecule has 9 nitrogen and oxygen atoms in total. The van der Waals surface area contributed by atoms with Crippen molar-refractivity contribution in [2.45, 2.75) is 9.79 Å². The van der Waals surface area contributed by atoms with Crippen molar-refractivity contribution in [2.75, 3.05) is 30.9 Å². The number of sulfonamides is 1. The Morgan fingerprint density at radius 1 is 0.933 bits per heavy atom. The fourth-order valence-electron chi connectivity index (χ4n) is 2.69. The zero-order valence-electron chi connectivity index (χ0n) is 15.8. The van der Waals surface area contributed by atoms with Crippen molar-refractivity contribution < 1.29 is 26.4 Å². The number of amides is 2. The van der Waals surface area contributed by atoms with E-state index >= 15 is 0 Å². The zero-order valence-corrected chi connectivity index (χ0v) is 19.1. The summed E-state index contributed by atoms with van der Waals surface area (Å²) in [5, 5.41) is 1.51. The van der Waals surface area contributed by atoms with E-state index in [1.165, 1.54) is 40.0 Å². The maximum atomic E-state index is 12.9. The molecule has 3 rings (SSSR count). The van der Waals surface area contributed by atoms with Crippen LogP contribution < -0.4 is 10.9 Å². The lowest BCUT2D eigenvalue weighted by molar-refractivity contribution is 0.0847. The smallest absolute Gasteiger partial charge is 0.267 e. The number of benzene rings is 1. The number of thiophene rings is 1. The first-order valence-electron chi connectivity index (χ1n) is 8.67. The molecular weight excluding hydrogens is 470 g/mol. The van der Waals surface area contributed by atoms with E-state index in [-0.39, 0.29) is 20.2 Å². The van der Waals surface area contributed by atoms with E-state index in [0.717, 1.165) is 17.6 Å². The van der Waals surface area contributed by atoms with E-state index in [1.54, 1.807) is 11.8 Å². The van der Waals surface area contributed by atoms with Crippen LogP contribution in [0.25, 0.3) is 0 Å². The number of nitrogens with one attached hydrogen (secondary N) is 2. The van der Waals surface area contributed by atoms with E-state index in [9.17, 15) is 26.4 Å². The maximum Gasteiger partial charge on any atom is 0.281 e. The summed E-state index contributed by atoms with van der Waals surface area (Å²) >= 11 is 2.63. The standard InChI is InChI=1S/C17H19N3O6S4/c1-29(23,24)13-4-2-12(3-5-13)16(21)18-19-17(22)15-14(6-9-28-15)30(25,26)20-7-10-27-11-8-20/h2-6,9H,7-8,10-11H2,1H3,(H,18,21)(H,19,22). The van der Waals surface area contributed by atoms with Crippen LogP contribution in [0, 0.1) is 0 Å². The fourth-order valence-corrected chi connectivity index (χ4v) is 7.19. The molecule has 162 valence electrons. The molecule has 1 saturated heterocycles. The van der Waals surface area contributed by atoms with Crippen molar-refractivity contribution in [3.63, 3.8) is 0 Å². The van der Waals surface area contributed by atoms with Gasteiger partial charge in [0.2, 0.25) is 10.0 Å². The van der Waals surface area contributed by atoms with Crippen molar-refractivity contribution in [2.24, 2.45) is 0 Å². The number of carbonyl (C=O) groups is 2. The fraction of sp³-hybridized carbons (Fsp3) is 0.294. The second kappa shape index (κ2) is 9.06. The summed E-state index contributed by atoms with van der Waals surface area (Å²) in [6, 6.07) is 6.57. The number of rotatable bonds is 5. The van der Waals surface area contributed by atoms with Gasteiger partial charge in [0, 0.05) is 36.4 Å². The van der Waals surface area contributed by atoms with Crippen molar-refractivity contribution in [3.05, 3.63) is 46.2 Å². The van der Waals surface area contributed by atoms with Gasteiger partial charge < -0.3 is 0 Å². The van der Waals surface area contributed by atoms with Gasteiger partial charge in [-0.25, -0.2) is 16.8 Å². The quantitative estimate of drug-likeness (QED) is 0.599. The molecule has 1 aromatic heterocycles. The number of hydrogen-bond donors (Lipinski definition) is 2. The highest BCUT2D eigenvalue weighted by atomic mass is 32.2. The van der Waals surface area contributed by atoms with Gasteiger partial charge >= 0.3 is 0 Å². The molecule has 0 bridgehead atoms. The van der Waals surface area contributed by atoms with E-state index < -0.39 is 31.7 Å². The summed E-state index contributed by atoms with van der Waals surface area (Å²) in [6.07, 6.45) is 1.05. The monoisotopic (exact) mass is 489 g/mol. The number of thioether (sulfide) groups is 1. The third-order valence-electron chi connectivity index (χ3n) is 4.26. The van der Waals surface area contributed by atoms with Crippen molar-refractivity contribution in [1.29, 1.82) is 0 Å². The van der Waals surface area contributed by atoms with Crippen LogP contribution in [0.4, 0.5) is 0 Å². The molecule has 0 unspecified atom stereocenters. The van der Waals surface area contributed by atoms with Gasteiger partial charge in [-0.2, -0.15) is 16.1 Å². The highest BCUT2D eigenvalue weighted by Gasteiger charge is 2.31. The highest BCUT2D eigenvalue weighted by molar-refractivity contribution is 7.99.